The van der Waals surface area contributed by atoms with Gasteiger partial charge in [0.2, 0.25) is 0 Å². The Bertz CT molecular complexity index is 428. The van der Waals surface area contributed by atoms with Crippen molar-refractivity contribution in [2.75, 3.05) is 19.7 Å². The number of nitrogens with one attached hydrogen (secondary N) is 2. The average molecular weight is 281 g/mol. The second kappa shape index (κ2) is 7.35. The van der Waals surface area contributed by atoms with Crippen LogP contribution in [0.4, 0.5) is 0 Å². The lowest BCUT2D eigenvalue weighted by atomic mass is 10.1. The SMILES string of the molecule is CC(CCCO)NC(=O)c1cn(C2CCNCC2)nn1. The summed E-state index contributed by atoms with van der Waals surface area (Å²) in [6.07, 6.45) is 5.19. The van der Waals surface area contributed by atoms with Crippen LogP contribution in [0.3, 0.4) is 0 Å². The molecule has 112 valence electrons. The highest BCUT2D eigenvalue weighted by atomic mass is 16.3. The van der Waals surface area contributed by atoms with Crippen molar-refractivity contribution in [1.29, 1.82) is 0 Å². The zero-order chi connectivity index (χ0) is 14.4. The first-order valence-corrected chi connectivity index (χ1v) is 7.25. The van der Waals surface area contributed by atoms with Gasteiger partial charge in [-0.15, -0.1) is 5.10 Å². The molecule has 7 heteroatoms. The van der Waals surface area contributed by atoms with Crippen LogP contribution >= 0.6 is 0 Å². The Morgan fingerprint density at radius 3 is 3.05 bits per heavy atom. The summed E-state index contributed by atoms with van der Waals surface area (Å²) in [6, 6.07) is 0.357. The number of hydrogen-bond donors (Lipinski definition) is 3. The van der Waals surface area contributed by atoms with Gasteiger partial charge in [0.25, 0.3) is 5.91 Å². The van der Waals surface area contributed by atoms with E-state index in [-0.39, 0.29) is 18.6 Å². The highest BCUT2D eigenvalue weighted by Crippen LogP contribution is 2.17. The maximum atomic E-state index is 12.0. The molecule has 1 amide bonds. The Balaban J connectivity index is 1.88. The van der Waals surface area contributed by atoms with E-state index in [1.165, 1.54) is 0 Å². The van der Waals surface area contributed by atoms with Crippen LogP contribution in [0.15, 0.2) is 6.20 Å². The summed E-state index contributed by atoms with van der Waals surface area (Å²) in [7, 11) is 0. The molecule has 7 nitrogen and oxygen atoms in total. The van der Waals surface area contributed by atoms with Crippen molar-refractivity contribution in [3.8, 4) is 0 Å². The number of amides is 1. The molecular weight excluding hydrogens is 258 g/mol. The predicted octanol–water partition coefficient (Wildman–Crippen LogP) is 0.0934. The van der Waals surface area contributed by atoms with Gasteiger partial charge < -0.3 is 15.7 Å². The van der Waals surface area contributed by atoms with Crippen LogP contribution < -0.4 is 10.6 Å². The van der Waals surface area contributed by atoms with Crippen molar-refractivity contribution >= 4 is 5.91 Å². The fraction of sp³-hybridized carbons (Fsp3) is 0.769. The smallest absolute Gasteiger partial charge is 0.273 e. The molecule has 1 aliphatic heterocycles. The van der Waals surface area contributed by atoms with E-state index in [2.05, 4.69) is 20.9 Å². The lowest BCUT2D eigenvalue weighted by Gasteiger charge is -2.22. The van der Waals surface area contributed by atoms with Gasteiger partial charge in [0.05, 0.1) is 12.2 Å². The molecule has 1 saturated heterocycles. The zero-order valence-electron chi connectivity index (χ0n) is 11.9. The molecule has 1 fully saturated rings. The number of carbonyl (C=O) groups excluding carboxylic acids is 1. The third kappa shape index (κ3) is 4.01. The lowest BCUT2D eigenvalue weighted by molar-refractivity contribution is 0.0931. The van der Waals surface area contributed by atoms with E-state index in [1.54, 1.807) is 10.9 Å². The number of aromatic nitrogens is 3. The summed E-state index contributed by atoms with van der Waals surface area (Å²) in [5.74, 6) is -0.198. The standard InChI is InChI=1S/C13H23N5O2/c1-10(3-2-8-19)15-13(20)12-9-18(17-16-12)11-4-6-14-7-5-11/h9-11,14,19H,2-8H2,1H3,(H,15,20). The Kier molecular flexibility index (Phi) is 5.49. The van der Waals surface area contributed by atoms with Gasteiger partial charge in [-0.25, -0.2) is 4.68 Å². The van der Waals surface area contributed by atoms with Gasteiger partial charge in [-0.1, -0.05) is 5.21 Å². The maximum Gasteiger partial charge on any atom is 0.273 e. The van der Waals surface area contributed by atoms with Gasteiger partial charge in [0, 0.05) is 12.6 Å². The summed E-state index contributed by atoms with van der Waals surface area (Å²) in [5.41, 5.74) is 0.361. The van der Waals surface area contributed by atoms with Crippen LogP contribution in [-0.4, -0.2) is 51.7 Å². The monoisotopic (exact) mass is 281 g/mol. The molecule has 0 aliphatic carbocycles. The summed E-state index contributed by atoms with van der Waals surface area (Å²) in [4.78, 5) is 12.0. The van der Waals surface area contributed by atoms with Crippen LogP contribution in [0.25, 0.3) is 0 Å². The Morgan fingerprint density at radius 1 is 1.60 bits per heavy atom. The van der Waals surface area contributed by atoms with Crippen molar-refractivity contribution < 1.29 is 9.90 Å². The number of hydrogen-bond acceptors (Lipinski definition) is 5. The Morgan fingerprint density at radius 2 is 2.35 bits per heavy atom. The largest absolute Gasteiger partial charge is 0.396 e. The van der Waals surface area contributed by atoms with Gasteiger partial charge in [-0.3, -0.25) is 4.79 Å². The highest BCUT2D eigenvalue weighted by molar-refractivity contribution is 5.92. The lowest BCUT2D eigenvalue weighted by Crippen LogP contribution is -2.33. The van der Waals surface area contributed by atoms with Crippen molar-refractivity contribution in [3.63, 3.8) is 0 Å². The number of nitrogens with zero attached hydrogens (tertiary/aromatic N) is 3. The number of rotatable bonds is 6. The molecule has 0 aromatic carbocycles. The van der Waals surface area contributed by atoms with E-state index >= 15 is 0 Å². The van der Waals surface area contributed by atoms with E-state index in [9.17, 15) is 4.79 Å². The second-order valence-corrected chi connectivity index (χ2v) is 5.31. The minimum atomic E-state index is -0.198. The number of aliphatic hydroxyl groups excluding tert-OH is 1. The maximum absolute atomic E-state index is 12.0. The first-order chi connectivity index (χ1) is 9.70. The molecule has 0 radical (unpaired) electrons. The van der Waals surface area contributed by atoms with Crippen molar-refractivity contribution in [1.82, 2.24) is 25.6 Å². The third-order valence-corrected chi connectivity index (χ3v) is 3.60. The number of aliphatic hydroxyl groups is 1. The highest BCUT2D eigenvalue weighted by Gasteiger charge is 2.19. The van der Waals surface area contributed by atoms with E-state index < -0.39 is 0 Å². The molecule has 2 heterocycles. The summed E-state index contributed by atoms with van der Waals surface area (Å²) < 4.78 is 1.80. The predicted molar refractivity (Wildman–Crippen MR) is 74.4 cm³/mol. The van der Waals surface area contributed by atoms with Gasteiger partial charge >= 0.3 is 0 Å². The molecule has 3 N–H and O–H groups in total. The minimum absolute atomic E-state index is 0.0266. The number of piperidine rings is 1. The molecule has 0 saturated carbocycles. The molecule has 1 aromatic heterocycles. The molecule has 0 bridgehead atoms. The van der Waals surface area contributed by atoms with Crippen molar-refractivity contribution in [2.24, 2.45) is 0 Å². The molecule has 1 unspecified atom stereocenters. The van der Waals surface area contributed by atoms with Crippen LogP contribution in [-0.2, 0) is 0 Å². The van der Waals surface area contributed by atoms with Gasteiger partial charge in [-0.05, 0) is 45.7 Å². The van der Waals surface area contributed by atoms with Crippen molar-refractivity contribution in [3.05, 3.63) is 11.9 Å². The molecule has 2 rings (SSSR count). The molecule has 1 aliphatic rings. The van der Waals surface area contributed by atoms with E-state index in [4.69, 9.17) is 5.11 Å². The topological polar surface area (TPSA) is 92.1 Å². The van der Waals surface area contributed by atoms with Crippen molar-refractivity contribution in [2.45, 2.75) is 44.7 Å². The molecule has 1 atom stereocenters. The van der Waals surface area contributed by atoms with Gasteiger partial charge in [0.15, 0.2) is 5.69 Å². The van der Waals surface area contributed by atoms with Crippen LogP contribution in [0, 0.1) is 0 Å². The van der Waals surface area contributed by atoms with Gasteiger partial charge in [-0.2, -0.15) is 0 Å². The first-order valence-electron chi connectivity index (χ1n) is 7.25. The molecular formula is C13H23N5O2. The van der Waals surface area contributed by atoms with Gasteiger partial charge in [0.1, 0.15) is 0 Å². The number of carbonyl (C=O) groups is 1. The van der Waals surface area contributed by atoms with Crippen LogP contribution in [0.2, 0.25) is 0 Å². The van der Waals surface area contributed by atoms with E-state index in [0.29, 0.717) is 18.2 Å². The second-order valence-electron chi connectivity index (χ2n) is 5.31. The van der Waals surface area contributed by atoms with E-state index in [0.717, 1.165) is 32.4 Å². The Hall–Kier alpha value is -1.47. The molecule has 20 heavy (non-hydrogen) atoms. The first kappa shape index (κ1) is 14.9. The zero-order valence-corrected chi connectivity index (χ0v) is 11.9. The normalized spacial score (nSPS) is 17.9. The minimum Gasteiger partial charge on any atom is -0.396 e. The molecule has 0 spiro atoms. The fourth-order valence-corrected chi connectivity index (χ4v) is 2.40. The average Bonchev–Trinajstić information content (AvgIpc) is 2.96. The molecule has 1 aromatic rings. The summed E-state index contributed by atoms with van der Waals surface area (Å²) in [6.45, 7) is 4.02. The fourth-order valence-electron chi connectivity index (χ4n) is 2.40. The third-order valence-electron chi connectivity index (χ3n) is 3.60. The summed E-state index contributed by atoms with van der Waals surface area (Å²) >= 11 is 0. The summed E-state index contributed by atoms with van der Waals surface area (Å²) in [5, 5.41) is 23.0. The van der Waals surface area contributed by atoms with E-state index in [1.807, 2.05) is 6.92 Å². The van der Waals surface area contributed by atoms with Crippen LogP contribution in [0.5, 0.6) is 0 Å². The quantitative estimate of drug-likeness (QED) is 0.687. The van der Waals surface area contributed by atoms with Crippen LogP contribution in [0.1, 0.15) is 49.1 Å². The Labute approximate surface area is 118 Å².